The molecule has 1 aliphatic heterocycles. The molecule has 3 nitrogen and oxygen atoms in total. The van der Waals surface area contributed by atoms with Crippen molar-refractivity contribution in [1.29, 1.82) is 0 Å². The Balaban J connectivity index is 2.24. The van der Waals surface area contributed by atoms with Crippen molar-refractivity contribution < 1.29 is 14.3 Å². The Morgan fingerprint density at radius 2 is 1.94 bits per heavy atom. The molecule has 2 rings (SSSR count). The highest BCUT2D eigenvalue weighted by Gasteiger charge is 2.47. The van der Waals surface area contributed by atoms with E-state index in [9.17, 15) is 9.59 Å². The van der Waals surface area contributed by atoms with E-state index in [-0.39, 0.29) is 12.4 Å². The number of benzene rings is 1. The summed E-state index contributed by atoms with van der Waals surface area (Å²) >= 11 is 0. The van der Waals surface area contributed by atoms with Gasteiger partial charge in [0.2, 0.25) is 0 Å². The van der Waals surface area contributed by atoms with E-state index >= 15 is 0 Å². The van der Waals surface area contributed by atoms with Crippen LogP contribution in [0.2, 0.25) is 0 Å². The van der Waals surface area contributed by atoms with E-state index in [1.165, 1.54) is 0 Å². The minimum absolute atomic E-state index is 0.206. The highest BCUT2D eigenvalue weighted by Crippen LogP contribution is 2.37. The predicted molar refractivity (Wildman–Crippen MR) is 58.6 cm³/mol. The molecule has 0 spiro atoms. The van der Waals surface area contributed by atoms with Crippen molar-refractivity contribution in [3.63, 3.8) is 0 Å². The fourth-order valence-corrected chi connectivity index (χ4v) is 2.11. The molecule has 0 radical (unpaired) electrons. The Morgan fingerprint density at radius 1 is 1.25 bits per heavy atom. The lowest BCUT2D eigenvalue weighted by molar-refractivity contribution is -0.155. The third-order valence-corrected chi connectivity index (χ3v) is 3.18. The van der Waals surface area contributed by atoms with Crippen LogP contribution in [0.15, 0.2) is 30.3 Å². The number of cyclic esters (lactones) is 2. The Kier molecular flexibility index (Phi) is 2.77. The van der Waals surface area contributed by atoms with Gasteiger partial charge < -0.3 is 4.74 Å². The monoisotopic (exact) mass is 218 g/mol. The summed E-state index contributed by atoms with van der Waals surface area (Å²) in [5.74, 6) is -0.772. The summed E-state index contributed by atoms with van der Waals surface area (Å²) in [4.78, 5) is 22.9. The van der Waals surface area contributed by atoms with Crippen LogP contribution in [0.3, 0.4) is 0 Å². The standard InChI is InChI=1S/C13H14O3/c1-2-13(9-11(14)16-12(13)15)8-10-6-4-3-5-7-10/h3-7H,2,8-9H2,1H3. The summed E-state index contributed by atoms with van der Waals surface area (Å²) in [5, 5.41) is 0. The lowest BCUT2D eigenvalue weighted by Crippen LogP contribution is -2.28. The quantitative estimate of drug-likeness (QED) is 0.576. The number of carbonyl (C=O) groups excluding carboxylic acids is 2. The molecule has 0 bridgehead atoms. The van der Waals surface area contributed by atoms with E-state index in [2.05, 4.69) is 4.74 Å². The molecule has 1 aromatic rings. The van der Waals surface area contributed by atoms with Crippen molar-refractivity contribution >= 4 is 11.9 Å². The van der Waals surface area contributed by atoms with Crippen molar-refractivity contribution in [3.05, 3.63) is 35.9 Å². The molecule has 1 fully saturated rings. The zero-order valence-electron chi connectivity index (χ0n) is 9.23. The molecular formula is C13H14O3. The smallest absolute Gasteiger partial charge is 0.320 e. The van der Waals surface area contributed by atoms with Crippen molar-refractivity contribution in [2.75, 3.05) is 0 Å². The van der Waals surface area contributed by atoms with E-state index in [0.29, 0.717) is 12.8 Å². The van der Waals surface area contributed by atoms with E-state index in [0.717, 1.165) is 5.56 Å². The maximum atomic E-state index is 11.7. The van der Waals surface area contributed by atoms with Gasteiger partial charge in [-0.1, -0.05) is 37.3 Å². The molecule has 1 aliphatic rings. The molecule has 1 aromatic carbocycles. The molecule has 0 saturated carbocycles. The number of rotatable bonds is 3. The lowest BCUT2D eigenvalue weighted by Gasteiger charge is -2.21. The van der Waals surface area contributed by atoms with Gasteiger partial charge in [0, 0.05) is 0 Å². The highest BCUT2D eigenvalue weighted by atomic mass is 16.6. The maximum absolute atomic E-state index is 11.7. The van der Waals surface area contributed by atoms with Crippen LogP contribution in [0, 0.1) is 5.41 Å². The Bertz CT molecular complexity index is 410. The Morgan fingerprint density at radius 3 is 2.44 bits per heavy atom. The summed E-state index contributed by atoms with van der Waals surface area (Å²) in [5.41, 5.74) is 0.425. The van der Waals surface area contributed by atoms with Gasteiger partial charge in [0.15, 0.2) is 0 Å². The Labute approximate surface area is 94.4 Å². The second kappa shape index (κ2) is 4.08. The topological polar surface area (TPSA) is 43.4 Å². The third kappa shape index (κ3) is 1.85. The first kappa shape index (κ1) is 10.9. The summed E-state index contributed by atoms with van der Waals surface area (Å²) in [6.07, 6.45) is 1.42. The molecule has 1 unspecified atom stereocenters. The predicted octanol–water partition coefficient (Wildman–Crippen LogP) is 2.10. The minimum Gasteiger partial charge on any atom is -0.393 e. The summed E-state index contributed by atoms with van der Waals surface area (Å²) in [6, 6.07) is 9.73. The van der Waals surface area contributed by atoms with Crippen molar-refractivity contribution in [2.24, 2.45) is 5.41 Å². The van der Waals surface area contributed by atoms with Crippen molar-refractivity contribution in [1.82, 2.24) is 0 Å². The van der Waals surface area contributed by atoms with Gasteiger partial charge in [0.25, 0.3) is 0 Å². The molecule has 1 heterocycles. The van der Waals surface area contributed by atoms with E-state index in [1.54, 1.807) is 0 Å². The van der Waals surface area contributed by atoms with Gasteiger partial charge in [0.05, 0.1) is 11.8 Å². The fourth-order valence-electron chi connectivity index (χ4n) is 2.11. The van der Waals surface area contributed by atoms with Crippen LogP contribution < -0.4 is 0 Å². The van der Waals surface area contributed by atoms with Crippen molar-refractivity contribution in [3.8, 4) is 0 Å². The van der Waals surface area contributed by atoms with Crippen molar-refractivity contribution in [2.45, 2.75) is 26.2 Å². The number of hydrogen-bond donors (Lipinski definition) is 0. The van der Waals surface area contributed by atoms with E-state index in [1.807, 2.05) is 37.3 Å². The molecule has 3 heteroatoms. The van der Waals surface area contributed by atoms with Crippen LogP contribution in [0.25, 0.3) is 0 Å². The molecule has 84 valence electrons. The van der Waals surface area contributed by atoms with Crippen LogP contribution >= 0.6 is 0 Å². The second-order valence-electron chi connectivity index (χ2n) is 4.23. The SMILES string of the molecule is CCC1(Cc2ccccc2)CC(=O)OC1=O. The highest BCUT2D eigenvalue weighted by molar-refractivity contribution is 5.97. The molecule has 16 heavy (non-hydrogen) atoms. The van der Waals surface area contributed by atoms with Gasteiger partial charge in [0.1, 0.15) is 0 Å². The largest absolute Gasteiger partial charge is 0.393 e. The second-order valence-corrected chi connectivity index (χ2v) is 4.23. The van der Waals surface area contributed by atoms with Crippen LogP contribution in [0.1, 0.15) is 25.3 Å². The first-order valence-corrected chi connectivity index (χ1v) is 5.45. The molecule has 0 aromatic heterocycles. The molecule has 0 aliphatic carbocycles. The van der Waals surface area contributed by atoms with Gasteiger partial charge in [-0.3, -0.25) is 9.59 Å². The van der Waals surface area contributed by atoms with E-state index in [4.69, 9.17) is 0 Å². The summed E-state index contributed by atoms with van der Waals surface area (Å²) < 4.78 is 4.66. The zero-order chi connectivity index (χ0) is 11.6. The fraction of sp³-hybridized carbons (Fsp3) is 0.385. The molecule has 1 saturated heterocycles. The van der Waals surface area contributed by atoms with Crippen LogP contribution in [0.4, 0.5) is 0 Å². The first-order valence-electron chi connectivity index (χ1n) is 5.45. The summed E-state index contributed by atoms with van der Waals surface area (Å²) in [7, 11) is 0. The normalized spacial score (nSPS) is 24.6. The average Bonchev–Trinajstić information content (AvgIpc) is 2.56. The number of carbonyl (C=O) groups is 2. The molecule has 0 N–H and O–H groups in total. The lowest BCUT2D eigenvalue weighted by atomic mass is 9.78. The number of esters is 2. The first-order chi connectivity index (χ1) is 7.66. The molecule has 0 amide bonds. The average molecular weight is 218 g/mol. The van der Waals surface area contributed by atoms with Gasteiger partial charge in [-0.2, -0.15) is 0 Å². The van der Waals surface area contributed by atoms with Gasteiger partial charge in [-0.05, 0) is 18.4 Å². The van der Waals surface area contributed by atoms with Crippen LogP contribution in [-0.4, -0.2) is 11.9 Å². The van der Waals surface area contributed by atoms with Gasteiger partial charge >= 0.3 is 11.9 Å². The van der Waals surface area contributed by atoms with Gasteiger partial charge in [-0.15, -0.1) is 0 Å². The van der Waals surface area contributed by atoms with E-state index < -0.39 is 11.4 Å². The Hall–Kier alpha value is -1.64. The van der Waals surface area contributed by atoms with Gasteiger partial charge in [-0.25, -0.2) is 0 Å². The van der Waals surface area contributed by atoms with Crippen LogP contribution in [0.5, 0.6) is 0 Å². The number of hydrogen-bond acceptors (Lipinski definition) is 3. The zero-order valence-corrected chi connectivity index (χ0v) is 9.23. The molecule has 1 atom stereocenters. The number of ether oxygens (including phenoxy) is 1. The minimum atomic E-state index is -0.640. The summed E-state index contributed by atoms with van der Waals surface area (Å²) in [6.45, 7) is 1.92. The molecular weight excluding hydrogens is 204 g/mol. The maximum Gasteiger partial charge on any atom is 0.320 e. The third-order valence-electron chi connectivity index (χ3n) is 3.18. The van der Waals surface area contributed by atoms with Crippen LogP contribution in [-0.2, 0) is 20.7 Å².